The molecule has 1 aromatic carbocycles. The van der Waals surface area contributed by atoms with Crippen LogP contribution < -0.4 is 10.2 Å². The largest absolute Gasteiger partial charge is 0.416 e. The van der Waals surface area contributed by atoms with Crippen molar-refractivity contribution in [3.05, 3.63) is 77.8 Å². The lowest BCUT2D eigenvalue weighted by Gasteiger charge is -2.40. The van der Waals surface area contributed by atoms with Crippen LogP contribution in [-0.2, 0) is 11.6 Å². The van der Waals surface area contributed by atoms with Gasteiger partial charge in [0.25, 0.3) is 0 Å². The van der Waals surface area contributed by atoms with Crippen LogP contribution in [0.5, 0.6) is 0 Å². The molecule has 2 heterocycles. The Hall–Kier alpha value is -2.71. The highest BCUT2D eigenvalue weighted by Gasteiger charge is 2.36. The zero-order valence-electron chi connectivity index (χ0n) is 16.3. The van der Waals surface area contributed by atoms with Crippen molar-refractivity contribution < 1.29 is 18.3 Å². The van der Waals surface area contributed by atoms with Crippen LogP contribution in [0.4, 0.5) is 19.0 Å². The second kappa shape index (κ2) is 8.20. The van der Waals surface area contributed by atoms with E-state index in [1.165, 1.54) is 6.07 Å². The number of alkyl halides is 3. The predicted molar refractivity (Wildman–Crippen MR) is 108 cm³/mol. The zero-order valence-corrected chi connectivity index (χ0v) is 16.3. The molecule has 1 saturated heterocycles. The quantitative estimate of drug-likeness (QED) is 0.802. The molecule has 2 aliphatic rings. The number of aliphatic hydroxyl groups is 1. The first-order valence-corrected chi connectivity index (χ1v) is 9.84. The molecule has 2 atom stereocenters. The second-order valence-corrected chi connectivity index (χ2v) is 7.61. The van der Waals surface area contributed by atoms with Gasteiger partial charge in [-0.1, -0.05) is 36.4 Å². The standard InChI is InChI=1S/C22H23F3N4O/c23-22(24,25)18-3-1-2-17(12-18)21(15-30)6-4-16(5-7-21)19-13-27-10-11-29(19)20-14-26-8-9-28-20/h1-6,8-9,12,14,19,27,30H,7,10-11,13,15H2. The Bertz CT molecular complexity index is 945. The molecule has 0 saturated carbocycles. The SMILES string of the molecule is OCC1(c2cccc(C(F)(F)F)c2)C=CC(C2CNCCN2c2cnccn2)=CC1. The molecule has 0 spiro atoms. The first-order chi connectivity index (χ1) is 14.4. The number of piperazine rings is 1. The summed E-state index contributed by atoms with van der Waals surface area (Å²) >= 11 is 0. The molecule has 158 valence electrons. The summed E-state index contributed by atoms with van der Waals surface area (Å²) < 4.78 is 39.5. The highest BCUT2D eigenvalue weighted by molar-refractivity contribution is 5.48. The van der Waals surface area contributed by atoms with Crippen molar-refractivity contribution >= 4 is 5.82 Å². The van der Waals surface area contributed by atoms with Gasteiger partial charge in [0.15, 0.2) is 0 Å². The minimum absolute atomic E-state index is 0.0323. The van der Waals surface area contributed by atoms with Crippen molar-refractivity contribution in [3.8, 4) is 0 Å². The molecule has 4 rings (SSSR count). The molecule has 2 aromatic rings. The van der Waals surface area contributed by atoms with Crippen LogP contribution in [0.1, 0.15) is 17.5 Å². The number of nitrogens with zero attached hydrogens (tertiary/aromatic N) is 3. The second-order valence-electron chi connectivity index (χ2n) is 7.61. The van der Waals surface area contributed by atoms with E-state index in [-0.39, 0.29) is 12.6 Å². The van der Waals surface area contributed by atoms with E-state index >= 15 is 0 Å². The van der Waals surface area contributed by atoms with Crippen molar-refractivity contribution in [2.75, 3.05) is 31.1 Å². The number of halogens is 3. The molecule has 0 bridgehead atoms. The predicted octanol–water partition coefficient (Wildman–Crippen LogP) is 3.09. The van der Waals surface area contributed by atoms with Gasteiger partial charge in [-0.2, -0.15) is 13.2 Å². The van der Waals surface area contributed by atoms with Crippen LogP contribution in [0.15, 0.2) is 66.7 Å². The Balaban J connectivity index is 1.60. The number of benzene rings is 1. The van der Waals surface area contributed by atoms with E-state index in [2.05, 4.69) is 20.2 Å². The molecular formula is C22H23F3N4O. The molecule has 1 aromatic heterocycles. The van der Waals surface area contributed by atoms with E-state index in [1.54, 1.807) is 24.7 Å². The number of nitrogens with one attached hydrogen (secondary N) is 1. The number of anilines is 1. The number of aliphatic hydroxyl groups excluding tert-OH is 1. The Labute approximate surface area is 173 Å². The molecule has 2 unspecified atom stereocenters. The van der Waals surface area contributed by atoms with Crippen LogP contribution in [0.25, 0.3) is 0 Å². The maximum atomic E-state index is 13.2. The molecule has 8 heteroatoms. The lowest BCUT2D eigenvalue weighted by atomic mass is 9.74. The van der Waals surface area contributed by atoms with Crippen molar-refractivity contribution in [1.82, 2.24) is 15.3 Å². The van der Waals surface area contributed by atoms with E-state index in [1.807, 2.05) is 18.2 Å². The summed E-state index contributed by atoms with van der Waals surface area (Å²) in [6, 6.07) is 5.25. The third-order valence-electron chi connectivity index (χ3n) is 5.82. The van der Waals surface area contributed by atoms with E-state index in [0.717, 1.165) is 43.2 Å². The average molecular weight is 416 g/mol. The van der Waals surface area contributed by atoms with Gasteiger partial charge in [-0.15, -0.1) is 0 Å². The summed E-state index contributed by atoms with van der Waals surface area (Å²) in [7, 11) is 0. The van der Waals surface area contributed by atoms with Crippen LogP contribution in [0.3, 0.4) is 0 Å². The summed E-state index contributed by atoms with van der Waals surface area (Å²) in [5, 5.41) is 13.5. The van der Waals surface area contributed by atoms with Gasteiger partial charge in [-0.3, -0.25) is 4.98 Å². The van der Waals surface area contributed by atoms with Crippen LogP contribution >= 0.6 is 0 Å². The third-order valence-corrected chi connectivity index (χ3v) is 5.82. The Morgan fingerprint density at radius 3 is 2.80 bits per heavy atom. The summed E-state index contributed by atoms with van der Waals surface area (Å²) in [6.07, 6.45) is 6.78. The fourth-order valence-electron chi connectivity index (χ4n) is 4.08. The monoisotopic (exact) mass is 416 g/mol. The van der Waals surface area contributed by atoms with Gasteiger partial charge in [0.2, 0.25) is 0 Å². The van der Waals surface area contributed by atoms with Gasteiger partial charge in [-0.25, -0.2) is 4.98 Å². The lowest BCUT2D eigenvalue weighted by molar-refractivity contribution is -0.137. The molecule has 30 heavy (non-hydrogen) atoms. The lowest BCUT2D eigenvalue weighted by Crippen LogP contribution is -2.52. The van der Waals surface area contributed by atoms with E-state index in [9.17, 15) is 18.3 Å². The van der Waals surface area contributed by atoms with Gasteiger partial charge >= 0.3 is 6.18 Å². The smallest absolute Gasteiger partial charge is 0.395 e. The van der Waals surface area contributed by atoms with Crippen molar-refractivity contribution in [2.24, 2.45) is 0 Å². The molecule has 1 aliphatic heterocycles. The molecule has 0 radical (unpaired) electrons. The fourth-order valence-corrected chi connectivity index (χ4v) is 4.08. The minimum atomic E-state index is -4.42. The van der Waals surface area contributed by atoms with Gasteiger partial charge in [0.05, 0.1) is 24.4 Å². The molecule has 1 aliphatic carbocycles. The maximum absolute atomic E-state index is 13.2. The number of hydrogen-bond donors (Lipinski definition) is 2. The highest BCUT2D eigenvalue weighted by atomic mass is 19.4. The summed E-state index contributed by atoms with van der Waals surface area (Å²) in [5.41, 5.74) is -0.0753. The number of aromatic nitrogens is 2. The topological polar surface area (TPSA) is 61.3 Å². The third kappa shape index (κ3) is 3.97. The molecule has 0 amide bonds. The van der Waals surface area contributed by atoms with Gasteiger partial charge in [0, 0.05) is 37.4 Å². The summed E-state index contributed by atoms with van der Waals surface area (Å²) in [4.78, 5) is 10.7. The van der Waals surface area contributed by atoms with Crippen LogP contribution in [-0.4, -0.2) is 47.4 Å². The Morgan fingerprint density at radius 1 is 1.27 bits per heavy atom. The number of rotatable bonds is 4. The van der Waals surface area contributed by atoms with E-state index in [0.29, 0.717) is 12.0 Å². The highest BCUT2D eigenvalue weighted by Crippen LogP contribution is 2.38. The maximum Gasteiger partial charge on any atom is 0.416 e. The molecular weight excluding hydrogens is 393 g/mol. The van der Waals surface area contributed by atoms with Crippen molar-refractivity contribution in [2.45, 2.75) is 24.1 Å². The van der Waals surface area contributed by atoms with Crippen LogP contribution in [0.2, 0.25) is 0 Å². The number of allylic oxidation sites excluding steroid dienone is 1. The van der Waals surface area contributed by atoms with E-state index in [4.69, 9.17) is 0 Å². The normalized spacial score (nSPS) is 24.6. The summed E-state index contributed by atoms with van der Waals surface area (Å²) in [6.45, 7) is 2.05. The van der Waals surface area contributed by atoms with Gasteiger partial charge in [0.1, 0.15) is 5.82 Å². The van der Waals surface area contributed by atoms with Crippen molar-refractivity contribution in [3.63, 3.8) is 0 Å². The van der Waals surface area contributed by atoms with Crippen LogP contribution in [0, 0.1) is 0 Å². The van der Waals surface area contributed by atoms with Gasteiger partial charge in [-0.05, 0) is 23.6 Å². The zero-order chi connectivity index (χ0) is 21.2. The number of hydrogen-bond acceptors (Lipinski definition) is 5. The Morgan fingerprint density at radius 2 is 2.13 bits per heavy atom. The molecule has 2 N–H and O–H groups in total. The van der Waals surface area contributed by atoms with Crippen molar-refractivity contribution in [1.29, 1.82) is 0 Å². The molecule has 1 fully saturated rings. The molecule has 5 nitrogen and oxygen atoms in total. The minimum Gasteiger partial charge on any atom is -0.395 e. The van der Waals surface area contributed by atoms with Gasteiger partial charge < -0.3 is 15.3 Å². The van der Waals surface area contributed by atoms with E-state index < -0.39 is 17.2 Å². The first-order valence-electron chi connectivity index (χ1n) is 9.84. The first kappa shape index (κ1) is 20.6. The fraction of sp³-hybridized carbons (Fsp3) is 0.364. The Kier molecular flexibility index (Phi) is 5.62. The summed E-state index contributed by atoms with van der Waals surface area (Å²) in [5.74, 6) is 0.787. The average Bonchev–Trinajstić information content (AvgIpc) is 2.79.